The van der Waals surface area contributed by atoms with Crippen molar-refractivity contribution in [1.82, 2.24) is 9.13 Å². The van der Waals surface area contributed by atoms with Crippen LogP contribution in [0.3, 0.4) is 0 Å². The largest absolute Gasteiger partial charge is 0.457 e. The zero-order chi connectivity index (χ0) is 19.4. The van der Waals surface area contributed by atoms with Crippen molar-refractivity contribution < 1.29 is 27.1 Å². The molecule has 2 heterocycles. The number of aliphatic hydroxyl groups excluding tert-OH is 1. The van der Waals surface area contributed by atoms with Gasteiger partial charge in [-0.25, -0.2) is 13.8 Å². The molecule has 0 radical (unpaired) electrons. The van der Waals surface area contributed by atoms with Gasteiger partial charge in [-0.3, -0.25) is 9.36 Å². The van der Waals surface area contributed by atoms with Crippen molar-refractivity contribution in [3.8, 4) is 5.69 Å². The summed E-state index contributed by atoms with van der Waals surface area (Å²) >= 11 is 5.85. The fraction of sp³-hybridized carbons (Fsp3) is 0.200. The zero-order valence-electron chi connectivity index (χ0n) is 12.9. The van der Waals surface area contributed by atoms with Crippen LogP contribution in [0.2, 0.25) is 5.02 Å². The van der Waals surface area contributed by atoms with Crippen molar-refractivity contribution in [3.63, 3.8) is 0 Å². The van der Waals surface area contributed by atoms with Gasteiger partial charge >= 0.3 is 11.9 Å². The van der Waals surface area contributed by atoms with Crippen LogP contribution in [0.25, 0.3) is 16.7 Å². The zero-order valence-corrected chi connectivity index (χ0v) is 13.7. The normalized spacial score (nSPS) is 12.1. The average molecular weight is 393 g/mol. The minimum absolute atomic E-state index is 0.0365. The molecule has 0 amide bonds. The number of benzene rings is 1. The van der Waals surface area contributed by atoms with Gasteiger partial charge in [0.15, 0.2) is 5.58 Å². The summed E-state index contributed by atoms with van der Waals surface area (Å²) in [4.78, 5) is 24.5. The van der Waals surface area contributed by atoms with Crippen LogP contribution in [0, 0.1) is 5.82 Å². The van der Waals surface area contributed by atoms with Crippen molar-refractivity contribution in [2.75, 3.05) is 0 Å². The molecule has 6 nitrogen and oxygen atoms in total. The van der Waals surface area contributed by atoms with Crippen molar-refractivity contribution in [2.45, 2.75) is 12.8 Å². The van der Waals surface area contributed by atoms with E-state index < -0.39 is 41.2 Å². The number of nitrogens with zero attached hydrogens (tertiary/aromatic N) is 2. The van der Waals surface area contributed by atoms with Gasteiger partial charge in [-0.1, -0.05) is 11.6 Å². The summed E-state index contributed by atoms with van der Waals surface area (Å²) in [6.45, 7) is -0.577. The van der Waals surface area contributed by atoms with Crippen LogP contribution in [0.1, 0.15) is 11.5 Å². The molecule has 11 heteroatoms. The predicted octanol–water partition coefficient (Wildman–Crippen LogP) is 2.59. The minimum Gasteiger partial charge on any atom is -0.457 e. The highest BCUT2D eigenvalue weighted by atomic mass is 35.5. The molecule has 0 spiro atoms. The Bertz CT molecular complexity index is 1140. The van der Waals surface area contributed by atoms with Crippen LogP contribution in [0.5, 0.6) is 0 Å². The Kier molecular flexibility index (Phi) is 4.20. The van der Waals surface area contributed by atoms with Crippen LogP contribution >= 0.6 is 11.6 Å². The molecule has 138 valence electrons. The molecule has 0 saturated heterocycles. The highest BCUT2D eigenvalue weighted by Gasteiger charge is 2.35. The molecule has 2 aromatic heterocycles. The third kappa shape index (κ3) is 2.71. The van der Waals surface area contributed by atoms with Gasteiger partial charge in [0.05, 0.1) is 5.02 Å². The van der Waals surface area contributed by atoms with Gasteiger partial charge in [-0.2, -0.15) is 13.2 Å². The second kappa shape index (κ2) is 5.99. The Morgan fingerprint density at radius 2 is 1.88 bits per heavy atom. The Hall–Kier alpha value is -2.59. The second-order valence-electron chi connectivity index (χ2n) is 5.35. The first-order valence-electron chi connectivity index (χ1n) is 6.98. The molecule has 3 rings (SSSR count). The van der Waals surface area contributed by atoms with E-state index in [9.17, 15) is 27.2 Å². The predicted molar refractivity (Wildman–Crippen MR) is 82.9 cm³/mol. The lowest BCUT2D eigenvalue weighted by Gasteiger charge is -2.14. The van der Waals surface area contributed by atoms with Gasteiger partial charge in [-0.15, -0.1) is 0 Å². The van der Waals surface area contributed by atoms with Gasteiger partial charge in [-0.05, 0) is 12.1 Å². The Balaban J connectivity index is 2.46. The number of furan rings is 1. The SMILES string of the molecule is Cn1c(C(F)(F)F)cc(=O)n(-c2c(F)cc(Cl)c3oc(CO)cc23)c1=O. The number of aromatic nitrogens is 2. The van der Waals surface area contributed by atoms with Crippen molar-refractivity contribution in [2.24, 2.45) is 7.05 Å². The summed E-state index contributed by atoms with van der Waals surface area (Å²) in [5.41, 5.74) is -5.00. The van der Waals surface area contributed by atoms with E-state index >= 15 is 0 Å². The summed E-state index contributed by atoms with van der Waals surface area (Å²) in [5, 5.41) is 8.81. The molecule has 26 heavy (non-hydrogen) atoms. The number of hydrogen-bond donors (Lipinski definition) is 1. The van der Waals surface area contributed by atoms with E-state index in [0.29, 0.717) is 0 Å². The highest BCUT2D eigenvalue weighted by Crippen LogP contribution is 2.33. The number of aliphatic hydroxyl groups is 1. The lowest BCUT2D eigenvalue weighted by molar-refractivity contribution is -0.144. The van der Waals surface area contributed by atoms with E-state index in [0.717, 1.165) is 19.2 Å². The quantitative estimate of drug-likeness (QED) is 0.680. The number of fused-ring (bicyclic) bond motifs is 1. The lowest BCUT2D eigenvalue weighted by Crippen LogP contribution is -2.41. The maximum absolute atomic E-state index is 14.5. The Morgan fingerprint density at radius 1 is 1.23 bits per heavy atom. The van der Waals surface area contributed by atoms with Gasteiger partial charge < -0.3 is 9.52 Å². The highest BCUT2D eigenvalue weighted by molar-refractivity contribution is 6.35. The van der Waals surface area contributed by atoms with E-state index in [2.05, 4.69) is 0 Å². The molecule has 0 aliphatic rings. The molecule has 0 bridgehead atoms. The van der Waals surface area contributed by atoms with Crippen LogP contribution in [0.15, 0.2) is 32.2 Å². The fourth-order valence-electron chi connectivity index (χ4n) is 2.58. The second-order valence-corrected chi connectivity index (χ2v) is 5.75. The molecule has 0 saturated carbocycles. The summed E-state index contributed by atoms with van der Waals surface area (Å²) in [5.74, 6) is -1.16. The molecular weight excluding hydrogens is 384 g/mol. The van der Waals surface area contributed by atoms with Crippen LogP contribution in [0.4, 0.5) is 17.6 Å². The van der Waals surface area contributed by atoms with Crippen LogP contribution in [-0.2, 0) is 19.8 Å². The van der Waals surface area contributed by atoms with Crippen LogP contribution < -0.4 is 11.2 Å². The smallest absolute Gasteiger partial charge is 0.431 e. The summed E-state index contributed by atoms with van der Waals surface area (Å²) in [7, 11) is 0.806. The maximum atomic E-state index is 14.5. The number of alkyl halides is 3. The van der Waals surface area contributed by atoms with E-state index in [1.54, 1.807) is 0 Å². The summed E-state index contributed by atoms with van der Waals surface area (Å²) in [6.07, 6.45) is -4.94. The minimum atomic E-state index is -4.94. The number of hydrogen-bond acceptors (Lipinski definition) is 4. The van der Waals surface area contributed by atoms with Crippen LogP contribution in [-0.4, -0.2) is 14.2 Å². The molecule has 1 aromatic carbocycles. The van der Waals surface area contributed by atoms with Gasteiger partial charge in [0.2, 0.25) is 0 Å². The molecule has 1 N–H and O–H groups in total. The molecule has 0 atom stereocenters. The van der Waals surface area contributed by atoms with Gasteiger partial charge in [0.1, 0.15) is 29.6 Å². The van der Waals surface area contributed by atoms with E-state index in [1.807, 2.05) is 0 Å². The number of rotatable bonds is 2. The molecular formula is C15H9ClF4N2O4. The van der Waals surface area contributed by atoms with E-state index in [1.165, 1.54) is 0 Å². The Morgan fingerprint density at radius 3 is 2.46 bits per heavy atom. The molecule has 0 fully saturated rings. The lowest BCUT2D eigenvalue weighted by atomic mass is 10.2. The molecule has 0 aliphatic heterocycles. The monoisotopic (exact) mass is 392 g/mol. The Labute approximate surface area is 146 Å². The van der Waals surface area contributed by atoms with E-state index in [-0.39, 0.29) is 37.0 Å². The third-order valence-corrected chi connectivity index (χ3v) is 4.01. The topological polar surface area (TPSA) is 77.4 Å². The van der Waals surface area contributed by atoms with Crippen molar-refractivity contribution in [3.05, 3.63) is 61.3 Å². The summed E-state index contributed by atoms with van der Waals surface area (Å²) < 4.78 is 58.9. The molecule has 0 aliphatic carbocycles. The maximum Gasteiger partial charge on any atom is 0.431 e. The third-order valence-electron chi connectivity index (χ3n) is 3.72. The first-order valence-corrected chi connectivity index (χ1v) is 7.36. The van der Waals surface area contributed by atoms with Crippen molar-refractivity contribution in [1.29, 1.82) is 0 Å². The van der Waals surface area contributed by atoms with Crippen molar-refractivity contribution >= 4 is 22.6 Å². The average Bonchev–Trinajstić information content (AvgIpc) is 2.97. The first-order chi connectivity index (χ1) is 12.1. The molecule has 0 unspecified atom stereocenters. The standard InChI is InChI=1S/C15H9ClF4N2O4/c1-21-10(15(18,19)20)4-11(24)22(14(21)25)12-7-2-6(5-23)26-13(7)8(16)3-9(12)17/h2-4,23H,5H2,1H3. The fourth-order valence-corrected chi connectivity index (χ4v) is 2.81. The number of halogens is 5. The first kappa shape index (κ1) is 18.2. The van der Waals surface area contributed by atoms with E-state index in [4.69, 9.17) is 21.1 Å². The molecule has 3 aromatic rings. The van der Waals surface area contributed by atoms with Gasteiger partial charge in [0.25, 0.3) is 5.56 Å². The van der Waals surface area contributed by atoms with Gasteiger partial charge in [0, 0.05) is 18.5 Å². The summed E-state index contributed by atoms with van der Waals surface area (Å²) in [6, 6.07) is 2.09.